The molecule has 92 valence electrons. The van der Waals surface area contributed by atoms with Gasteiger partial charge < -0.3 is 5.32 Å². The smallest absolute Gasteiger partial charge is 0.295 e. The molecule has 1 aliphatic heterocycles. The van der Waals surface area contributed by atoms with Crippen LogP contribution in [0, 0.1) is 15.9 Å². The fourth-order valence-corrected chi connectivity index (χ4v) is 2.99. The third-order valence-electron chi connectivity index (χ3n) is 2.52. The molecule has 1 aliphatic rings. The first-order chi connectivity index (χ1) is 8.08. The Morgan fingerprint density at radius 2 is 2.35 bits per heavy atom. The number of thioether (sulfide) groups is 1. The van der Waals surface area contributed by atoms with Gasteiger partial charge in [0, 0.05) is 11.8 Å². The van der Waals surface area contributed by atoms with E-state index in [1.165, 1.54) is 6.07 Å². The lowest BCUT2D eigenvalue weighted by Gasteiger charge is -2.13. The Morgan fingerprint density at radius 3 is 2.94 bits per heavy atom. The van der Waals surface area contributed by atoms with E-state index in [0.29, 0.717) is 0 Å². The van der Waals surface area contributed by atoms with E-state index >= 15 is 0 Å². The van der Waals surface area contributed by atoms with Gasteiger partial charge in [0.2, 0.25) is 0 Å². The van der Waals surface area contributed by atoms with Crippen LogP contribution in [0.25, 0.3) is 0 Å². The molecule has 2 rings (SSSR count). The van der Waals surface area contributed by atoms with E-state index in [0.717, 1.165) is 24.0 Å². The minimum absolute atomic E-state index is 0.108. The van der Waals surface area contributed by atoms with E-state index in [1.807, 2.05) is 0 Å². The molecule has 0 aliphatic carbocycles. The highest BCUT2D eigenvalue weighted by molar-refractivity contribution is 7.99. The van der Waals surface area contributed by atoms with Crippen molar-refractivity contribution in [2.45, 2.75) is 12.5 Å². The summed E-state index contributed by atoms with van der Waals surface area (Å²) in [6.45, 7) is 0. The highest BCUT2D eigenvalue weighted by atomic mass is 35.5. The van der Waals surface area contributed by atoms with Gasteiger partial charge in [0.25, 0.3) is 5.69 Å². The number of halogens is 2. The second-order valence-electron chi connectivity index (χ2n) is 3.75. The number of nitrogens with one attached hydrogen (secondary N) is 1. The van der Waals surface area contributed by atoms with Gasteiger partial charge in [0.15, 0.2) is 0 Å². The van der Waals surface area contributed by atoms with Crippen LogP contribution in [-0.4, -0.2) is 22.5 Å². The topological polar surface area (TPSA) is 55.2 Å². The normalized spacial score (nSPS) is 19.3. The molecule has 7 heteroatoms. The molecule has 1 N–H and O–H groups in total. The fraction of sp³-hybridized carbons (Fsp3) is 0.400. The van der Waals surface area contributed by atoms with Crippen LogP contribution in [0.5, 0.6) is 0 Å². The van der Waals surface area contributed by atoms with Crippen molar-refractivity contribution in [3.63, 3.8) is 0 Å². The fourth-order valence-electron chi connectivity index (χ4n) is 1.67. The lowest BCUT2D eigenvalue weighted by atomic mass is 10.2. The summed E-state index contributed by atoms with van der Waals surface area (Å²) in [6.07, 6.45) is 0.941. The van der Waals surface area contributed by atoms with E-state index in [-0.39, 0.29) is 22.4 Å². The van der Waals surface area contributed by atoms with Crippen LogP contribution in [0.4, 0.5) is 15.8 Å². The van der Waals surface area contributed by atoms with Crippen molar-refractivity contribution in [2.24, 2.45) is 0 Å². The molecule has 1 aromatic carbocycles. The average molecular weight is 277 g/mol. The maximum atomic E-state index is 13.2. The van der Waals surface area contributed by atoms with Crippen molar-refractivity contribution in [1.29, 1.82) is 0 Å². The molecule has 0 amide bonds. The van der Waals surface area contributed by atoms with Crippen LogP contribution in [-0.2, 0) is 0 Å². The minimum atomic E-state index is -0.773. The molecule has 1 fully saturated rings. The van der Waals surface area contributed by atoms with E-state index in [1.54, 1.807) is 11.8 Å². The highest BCUT2D eigenvalue weighted by Gasteiger charge is 2.22. The van der Waals surface area contributed by atoms with Crippen LogP contribution in [0.15, 0.2) is 12.1 Å². The van der Waals surface area contributed by atoms with E-state index in [2.05, 4.69) is 5.32 Å². The van der Waals surface area contributed by atoms with E-state index in [4.69, 9.17) is 11.6 Å². The van der Waals surface area contributed by atoms with Crippen molar-refractivity contribution in [3.8, 4) is 0 Å². The Kier molecular flexibility index (Phi) is 3.73. The van der Waals surface area contributed by atoms with Gasteiger partial charge in [-0.05, 0) is 18.2 Å². The summed E-state index contributed by atoms with van der Waals surface area (Å²) in [5.41, 5.74) is 0.0118. The molecule has 0 radical (unpaired) electrons. The summed E-state index contributed by atoms with van der Waals surface area (Å²) < 4.78 is 13.2. The van der Waals surface area contributed by atoms with Crippen LogP contribution in [0.3, 0.4) is 0 Å². The lowest BCUT2D eigenvalue weighted by Crippen LogP contribution is -2.19. The molecule has 1 atom stereocenters. The Morgan fingerprint density at radius 1 is 1.59 bits per heavy atom. The van der Waals surface area contributed by atoms with Crippen molar-refractivity contribution in [3.05, 3.63) is 33.1 Å². The van der Waals surface area contributed by atoms with Crippen LogP contribution in [0.1, 0.15) is 6.42 Å². The standard InChI is InChI=1S/C10H10ClFN2O2S/c11-7-3-9(13-6-1-2-17-5-6)10(14(15)16)4-8(7)12/h3-4,6,13H,1-2,5H2. The molecule has 0 spiro atoms. The molecule has 1 aromatic rings. The van der Waals surface area contributed by atoms with E-state index in [9.17, 15) is 14.5 Å². The van der Waals surface area contributed by atoms with Gasteiger partial charge >= 0.3 is 0 Å². The molecule has 0 aromatic heterocycles. The summed E-state index contributed by atoms with van der Waals surface area (Å²) >= 11 is 7.42. The van der Waals surface area contributed by atoms with Gasteiger partial charge in [-0.1, -0.05) is 11.6 Å². The predicted molar refractivity (Wildman–Crippen MR) is 67.4 cm³/mol. The van der Waals surface area contributed by atoms with Crippen molar-refractivity contribution >= 4 is 34.7 Å². The first-order valence-electron chi connectivity index (χ1n) is 5.05. The zero-order valence-electron chi connectivity index (χ0n) is 8.78. The van der Waals surface area contributed by atoms with Gasteiger partial charge in [-0.3, -0.25) is 10.1 Å². The molecule has 1 unspecified atom stereocenters. The van der Waals surface area contributed by atoms with Gasteiger partial charge in [0.05, 0.1) is 16.0 Å². The van der Waals surface area contributed by atoms with Crippen LogP contribution in [0.2, 0.25) is 5.02 Å². The average Bonchev–Trinajstić information content (AvgIpc) is 2.75. The maximum absolute atomic E-state index is 13.2. The van der Waals surface area contributed by atoms with Crippen LogP contribution < -0.4 is 5.32 Å². The number of benzene rings is 1. The van der Waals surface area contributed by atoms with Gasteiger partial charge in [-0.15, -0.1) is 0 Å². The predicted octanol–water partition coefficient (Wildman–Crippen LogP) is 3.30. The third-order valence-corrected chi connectivity index (χ3v) is 3.98. The number of rotatable bonds is 3. The number of hydrogen-bond acceptors (Lipinski definition) is 4. The minimum Gasteiger partial charge on any atom is -0.376 e. The second kappa shape index (κ2) is 5.10. The zero-order valence-corrected chi connectivity index (χ0v) is 10.4. The first-order valence-corrected chi connectivity index (χ1v) is 6.59. The summed E-state index contributed by atoms with van der Waals surface area (Å²) in [6, 6.07) is 2.31. The number of nitrogens with zero attached hydrogens (tertiary/aromatic N) is 1. The van der Waals surface area contributed by atoms with Crippen molar-refractivity contribution < 1.29 is 9.31 Å². The number of hydrogen-bond donors (Lipinski definition) is 1. The Labute approximate surface area is 107 Å². The molecule has 1 saturated heterocycles. The molecule has 1 heterocycles. The summed E-state index contributed by atoms with van der Waals surface area (Å²) in [5, 5.41) is 13.7. The van der Waals surface area contributed by atoms with Gasteiger partial charge in [-0.25, -0.2) is 4.39 Å². The second-order valence-corrected chi connectivity index (χ2v) is 5.30. The first kappa shape index (κ1) is 12.4. The number of nitro groups is 1. The highest BCUT2D eigenvalue weighted by Crippen LogP contribution is 2.32. The molecular formula is C10H10ClFN2O2S. The van der Waals surface area contributed by atoms with E-state index < -0.39 is 10.7 Å². The summed E-state index contributed by atoms with van der Waals surface area (Å²) in [7, 11) is 0. The molecule has 17 heavy (non-hydrogen) atoms. The molecule has 0 bridgehead atoms. The molecular weight excluding hydrogens is 267 g/mol. The zero-order chi connectivity index (χ0) is 12.4. The SMILES string of the molecule is O=[N+]([O-])c1cc(F)c(Cl)cc1NC1CCSC1. The molecule has 0 saturated carbocycles. The Balaban J connectivity index is 2.29. The summed E-state index contributed by atoms with van der Waals surface area (Å²) in [4.78, 5) is 10.2. The van der Waals surface area contributed by atoms with Gasteiger partial charge in [-0.2, -0.15) is 11.8 Å². The monoisotopic (exact) mass is 276 g/mol. The Hall–Kier alpha value is -1.01. The summed E-state index contributed by atoms with van der Waals surface area (Å²) in [5.74, 6) is 1.15. The third kappa shape index (κ3) is 2.81. The quantitative estimate of drug-likeness (QED) is 0.680. The van der Waals surface area contributed by atoms with Crippen molar-refractivity contribution in [1.82, 2.24) is 0 Å². The molecule has 4 nitrogen and oxygen atoms in total. The number of nitro benzene ring substituents is 1. The van der Waals surface area contributed by atoms with Gasteiger partial charge in [0.1, 0.15) is 11.5 Å². The maximum Gasteiger partial charge on any atom is 0.295 e. The lowest BCUT2D eigenvalue weighted by molar-refractivity contribution is -0.384. The van der Waals surface area contributed by atoms with Crippen molar-refractivity contribution in [2.75, 3.05) is 16.8 Å². The van der Waals surface area contributed by atoms with Crippen LogP contribution >= 0.6 is 23.4 Å². The number of anilines is 1. The largest absolute Gasteiger partial charge is 0.376 e. The Bertz CT molecular complexity index is 452.